The fourth-order valence-electron chi connectivity index (χ4n) is 2.56. The molecule has 0 bridgehead atoms. The first-order valence-corrected chi connectivity index (χ1v) is 8.23. The van der Waals surface area contributed by atoms with Gasteiger partial charge in [-0.15, -0.1) is 0 Å². The summed E-state index contributed by atoms with van der Waals surface area (Å²) in [5, 5.41) is 4.15. The van der Waals surface area contributed by atoms with Gasteiger partial charge in [0.25, 0.3) is 0 Å². The molecule has 0 unspecified atom stereocenters. The third-order valence-corrected chi connectivity index (χ3v) is 3.97. The average Bonchev–Trinajstić information content (AvgIpc) is 2.82. The minimum Gasteiger partial charge on any atom is -0.318 e. The van der Waals surface area contributed by atoms with Crippen molar-refractivity contribution in [2.24, 2.45) is 16.5 Å². The Balaban J connectivity index is 2.35. The second-order valence-electron chi connectivity index (χ2n) is 7.00. The lowest BCUT2D eigenvalue weighted by Crippen LogP contribution is -2.22. The Hall–Kier alpha value is -0.860. The zero-order chi connectivity index (χ0) is 15.0. The highest BCUT2D eigenvalue weighted by Gasteiger charge is 2.26. The summed E-state index contributed by atoms with van der Waals surface area (Å²) >= 11 is 0. The maximum absolute atomic E-state index is 11.7. The summed E-state index contributed by atoms with van der Waals surface area (Å²) in [7, 11) is 0. The summed E-state index contributed by atoms with van der Waals surface area (Å²) < 4.78 is 0. The highest BCUT2D eigenvalue weighted by molar-refractivity contribution is 5.88. The van der Waals surface area contributed by atoms with Crippen molar-refractivity contribution < 1.29 is 9.63 Å². The van der Waals surface area contributed by atoms with Crippen LogP contribution in [0.5, 0.6) is 0 Å². The third kappa shape index (κ3) is 6.06. The van der Waals surface area contributed by atoms with E-state index in [0.29, 0.717) is 5.92 Å². The number of unbranched alkanes of at least 4 members (excludes halogenated alkanes) is 4. The fraction of sp³-hybridized carbons (Fsp3) is 0.882. The van der Waals surface area contributed by atoms with Crippen LogP contribution in [0.25, 0.3) is 0 Å². The molecule has 1 atom stereocenters. The van der Waals surface area contributed by atoms with E-state index in [9.17, 15) is 4.79 Å². The highest BCUT2D eigenvalue weighted by Crippen LogP contribution is 2.28. The van der Waals surface area contributed by atoms with Crippen LogP contribution in [-0.2, 0) is 9.63 Å². The Morgan fingerprint density at radius 3 is 2.60 bits per heavy atom. The molecule has 1 fully saturated rings. The van der Waals surface area contributed by atoms with Crippen LogP contribution in [0.15, 0.2) is 5.16 Å². The molecule has 1 saturated carbocycles. The summed E-state index contributed by atoms with van der Waals surface area (Å²) in [5.41, 5.74) is 0.635. The van der Waals surface area contributed by atoms with Gasteiger partial charge in [0, 0.05) is 5.92 Å². The van der Waals surface area contributed by atoms with Crippen molar-refractivity contribution >= 4 is 11.7 Å². The first kappa shape index (κ1) is 17.2. The van der Waals surface area contributed by atoms with Crippen molar-refractivity contribution in [2.75, 3.05) is 0 Å². The van der Waals surface area contributed by atoms with Crippen molar-refractivity contribution in [1.29, 1.82) is 0 Å². The van der Waals surface area contributed by atoms with E-state index in [1.54, 1.807) is 0 Å². The summed E-state index contributed by atoms with van der Waals surface area (Å²) in [6, 6.07) is 0. The highest BCUT2D eigenvalue weighted by atomic mass is 16.7. The molecule has 0 spiro atoms. The van der Waals surface area contributed by atoms with Crippen LogP contribution in [0, 0.1) is 11.3 Å². The average molecular weight is 281 g/mol. The van der Waals surface area contributed by atoms with Gasteiger partial charge in [0.2, 0.25) is 0 Å². The predicted octanol–water partition coefficient (Wildman–Crippen LogP) is 5.09. The lowest BCUT2D eigenvalue weighted by molar-refractivity contribution is -0.153. The van der Waals surface area contributed by atoms with Gasteiger partial charge in [0.1, 0.15) is 0 Å². The van der Waals surface area contributed by atoms with Crippen LogP contribution >= 0.6 is 0 Å². The summed E-state index contributed by atoms with van der Waals surface area (Å²) in [4.78, 5) is 16.8. The smallest absolute Gasteiger partial charge is 0.318 e. The molecule has 0 amide bonds. The van der Waals surface area contributed by atoms with Crippen molar-refractivity contribution in [3.05, 3.63) is 0 Å². The summed E-state index contributed by atoms with van der Waals surface area (Å²) in [6.07, 6.45) is 11.2. The number of hydrogen-bond donors (Lipinski definition) is 0. The number of nitrogens with zero attached hydrogens (tertiary/aromatic N) is 1. The van der Waals surface area contributed by atoms with Crippen LogP contribution in [0.4, 0.5) is 0 Å². The van der Waals surface area contributed by atoms with Crippen LogP contribution in [-0.4, -0.2) is 11.7 Å². The second-order valence-corrected chi connectivity index (χ2v) is 7.00. The molecule has 0 saturated heterocycles. The van der Waals surface area contributed by atoms with Gasteiger partial charge in [-0.1, -0.05) is 44.2 Å². The normalized spacial score (nSPS) is 21.4. The molecule has 0 aliphatic heterocycles. The summed E-state index contributed by atoms with van der Waals surface area (Å²) in [6.45, 7) is 7.81. The fourth-order valence-corrected chi connectivity index (χ4v) is 2.56. The van der Waals surface area contributed by atoms with Gasteiger partial charge in [-0.05, 0) is 46.5 Å². The maximum atomic E-state index is 11.7. The van der Waals surface area contributed by atoms with Crippen LogP contribution < -0.4 is 0 Å². The molecule has 0 aromatic rings. The molecule has 3 nitrogen and oxygen atoms in total. The second kappa shape index (κ2) is 8.43. The van der Waals surface area contributed by atoms with Gasteiger partial charge in [-0.25, -0.2) is 4.79 Å². The third-order valence-electron chi connectivity index (χ3n) is 3.97. The van der Waals surface area contributed by atoms with E-state index in [-0.39, 0.29) is 5.97 Å². The van der Waals surface area contributed by atoms with Gasteiger partial charge in [0.15, 0.2) is 0 Å². The van der Waals surface area contributed by atoms with Gasteiger partial charge >= 0.3 is 5.97 Å². The molecule has 0 heterocycles. The van der Waals surface area contributed by atoms with Crippen LogP contribution in [0.1, 0.15) is 85.5 Å². The minimum absolute atomic E-state index is 0.237. The van der Waals surface area contributed by atoms with E-state index in [4.69, 9.17) is 4.84 Å². The van der Waals surface area contributed by atoms with Crippen molar-refractivity contribution in [1.82, 2.24) is 0 Å². The van der Waals surface area contributed by atoms with Gasteiger partial charge < -0.3 is 4.84 Å². The minimum atomic E-state index is -0.474. The molecule has 1 aliphatic carbocycles. The molecular formula is C17H31NO2. The molecule has 0 aromatic carbocycles. The van der Waals surface area contributed by atoms with Crippen LogP contribution in [0.3, 0.4) is 0 Å². The zero-order valence-electron chi connectivity index (χ0n) is 13.7. The molecule has 1 aliphatic rings. The quantitative estimate of drug-likeness (QED) is 0.370. The van der Waals surface area contributed by atoms with E-state index in [0.717, 1.165) is 12.1 Å². The zero-order valence-corrected chi connectivity index (χ0v) is 13.7. The number of carbonyl (C=O) groups is 1. The van der Waals surface area contributed by atoms with Gasteiger partial charge in [-0.3, -0.25) is 0 Å². The molecular weight excluding hydrogens is 250 g/mol. The van der Waals surface area contributed by atoms with E-state index in [1.807, 2.05) is 20.8 Å². The topological polar surface area (TPSA) is 38.7 Å². The van der Waals surface area contributed by atoms with Gasteiger partial charge in [-0.2, -0.15) is 0 Å². The molecule has 20 heavy (non-hydrogen) atoms. The first-order valence-electron chi connectivity index (χ1n) is 8.23. The van der Waals surface area contributed by atoms with E-state index in [1.165, 1.54) is 51.4 Å². The van der Waals surface area contributed by atoms with E-state index < -0.39 is 5.41 Å². The first-order chi connectivity index (χ1) is 9.45. The Labute approximate surface area is 124 Å². The number of oxime groups is 1. The van der Waals surface area contributed by atoms with Crippen molar-refractivity contribution in [3.8, 4) is 0 Å². The molecule has 0 aromatic heterocycles. The lowest BCUT2D eigenvalue weighted by Gasteiger charge is -2.14. The number of hydrogen-bond acceptors (Lipinski definition) is 3. The Kier molecular flexibility index (Phi) is 7.25. The summed E-state index contributed by atoms with van der Waals surface area (Å²) in [5.74, 6) is 0.308. The van der Waals surface area contributed by atoms with Crippen molar-refractivity contribution in [2.45, 2.75) is 85.5 Å². The van der Waals surface area contributed by atoms with E-state index in [2.05, 4.69) is 12.1 Å². The standard InChI is InChI=1S/C17H31NO2/c1-5-6-7-8-9-11-14-12-10-13-15(14)18-20-16(19)17(2,3)4/h14H,5-13H2,1-4H3/t14-/m0/s1. The SMILES string of the molecule is CCCCCCC[C@H]1CCCC1=NOC(=O)C(C)(C)C. The van der Waals surface area contributed by atoms with Crippen LogP contribution in [0.2, 0.25) is 0 Å². The number of carbonyl (C=O) groups excluding carboxylic acids is 1. The monoisotopic (exact) mass is 281 g/mol. The molecule has 0 N–H and O–H groups in total. The Morgan fingerprint density at radius 1 is 1.25 bits per heavy atom. The largest absolute Gasteiger partial charge is 0.340 e. The predicted molar refractivity (Wildman–Crippen MR) is 83.7 cm³/mol. The maximum Gasteiger partial charge on any atom is 0.340 e. The number of rotatable bonds is 7. The van der Waals surface area contributed by atoms with Crippen molar-refractivity contribution in [3.63, 3.8) is 0 Å². The molecule has 116 valence electrons. The Morgan fingerprint density at radius 2 is 1.95 bits per heavy atom. The lowest BCUT2D eigenvalue weighted by atomic mass is 9.97. The van der Waals surface area contributed by atoms with E-state index >= 15 is 0 Å². The molecule has 3 heteroatoms. The molecule has 1 rings (SSSR count). The van der Waals surface area contributed by atoms with Gasteiger partial charge in [0.05, 0.1) is 11.1 Å². The molecule has 0 radical (unpaired) electrons. The Bertz CT molecular complexity index is 328.